The summed E-state index contributed by atoms with van der Waals surface area (Å²) in [5, 5.41) is 3.57. The van der Waals surface area contributed by atoms with Gasteiger partial charge in [0.1, 0.15) is 11.8 Å². The second-order valence-corrected chi connectivity index (χ2v) is 13.5. The molecule has 1 N–H and O–H groups in total. The number of hydrogen-bond acceptors (Lipinski definition) is 5. The van der Waals surface area contributed by atoms with Gasteiger partial charge in [0.05, 0.1) is 24.1 Å². The molecule has 3 aromatic rings. The van der Waals surface area contributed by atoms with Crippen molar-refractivity contribution >= 4 is 50.7 Å². The third kappa shape index (κ3) is 10.4. The highest BCUT2D eigenvalue weighted by atomic mass is 35.5. The molecule has 3 aromatic carbocycles. The maximum atomic E-state index is 14.0. The standard InChI is InChI=1S/C32H39Cl2N3O5S/c1-23(2)21-35-32(39)30(19-24-10-6-5-7-11-24)36(22-25-12-8-13-27(18-25)42-3)31(38)14-9-17-37(43(4,40)41)29-20-26(33)15-16-28(29)34/h5-8,10-13,15-16,18,20,23,30H,9,14,17,19,21-22H2,1-4H3,(H,35,39). The van der Waals surface area contributed by atoms with Crippen molar-refractivity contribution in [3.63, 3.8) is 0 Å². The minimum Gasteiger partial charge on any atom is -0.497 e. The first-order valence-electron chi connectivity index (χ1n) is 14.1. The lowest BCUT2D eigenvalue weighted by Crippen LogP contribution is -2.51. The second kappa shape index (κ2) is 16.0. The van der Waals surface area contributed by atoms with Gasteiger partial charge in [0.25, 0.3) is 0 Å². The van der Waals surface area contributed by atoms with Crippen LogP contribution in [0.4, 0.5) is 5.69 Å². The predicted molar refractivity (Wildman–Crippen MR) is 173 cm³/mol. The van der Waals surface area contributed by atoms with E-state index in [0.717, 1.165) is 21.7 Å². The van der Waals surface area contributed by atoms with Crippen molar-refractivity contribution in [1.82, 2.24) is 10.2 Å². The first-order valence-corrected chi connectivity index (χ1v) is 16.7. The molecule has 3 rings (SSSR count). The largest absolute Gasteiger partial charge is 0.497 e. The number of methoxy groups -OCH3 is 1. The van der Waals surface area contributed by atoms with Crippen LogP contribution in [0.15, 0.2) is 72.8 Å². The van der Waals surface area contributed by atoms with Crippen molar-refractivity contribution in [2.24, 2.45) is 5.92 Å². The van der Waals surface area contributed by atoms with E-state index in [4.69, 9.17) is 27.9 Å². The van der Waals surface area contributed by atoms with Gasteiger partial charge in [-0.15, -0.1) is 0 Å². The van der Waals surface area contributed by atoms with Crippen LogP contribution in [-0.4, -0.2) is 57.6 Å². The Balaban J connectivity index is 1.92. The molecule has 1 unspecified atom stereocenters. The first-order chi connectivity index (χ1) is 20.4. The van der Waals surface area contributed by atoms with Crippen molar-refractivity contribution in [2.75, 3.05) is 30.8 Å². The Morgan fingerprint density at radius 3 is 2.30 bits per heavy atom. The molecule has 1 atom stereocenters. The van der Waals surface area contributed by atoms with Crippen molar-refractivity contribution in [1.29, 1.82) is 0 Å². The number of hydrogen-bond donors (Lipinski definition) is 1. The van der Waals surface area contributed by atoms with Gasteiger partial charge in [-0.1, -0.05) is 79.5 Å². The van der Waals surface area contributed by atoms with E-state index < -0.39 is 16.1 Å². The molecular weight excluding hydrogens is 609 g/mol. The van der Waals surface area contributed by atoms with Gasteiger partial charge in [0.2, 0.25) is 21.8 Å². The SMILES string of the molecule is COc1cccc(CN(C(=O)CCCN(c2cc(Cl)ccc2Cl)S(C)(=O)=O)C(Cc2ccccc2)C(=O)NCC(C)C)c1. The molecule has 11 heteroatoms. The first kappa shape index (κ1) is 34.2. The van der Waals surface area contributed by atoms with E-state index in [9.17, 15) is 18.0 Å². The Hall–Kier alpha value is -3.27. The fraction of sp³-hybridized carbons (Fsp3) is 0.375. The number of ether oxygens (including phenoxy) is 1. The quantitative estimate of drug-likeness (QED) is 0.220. The lowest BCUT2D eigenvalue weighted by molar-refractivity contribution is -0.141. The van der Waals surface area contributed by atoms with Gasteiger partial charge in [-0.2, -0.15) is 0 Å². The van der Waals surface area contributed by atoms with E-state index >= 15 is 0 Å². The molecule has 0 saturated heterocycles. The minimum absolute atomic E-state index is 0.000529. The Kier molecular flexibility index (Phi) is 12.7. The number of sulfonamides is 1. The Morgan fingerprint density at radius 1 is 0.953 bits per heavy atom. The molecule has 2 amide bonds. The van der Waals surface area contributed by atoms with Crippen molar-refractivity contribution in [2.45, 2.75) is 45.7 Å². The Morgan fingerprint density at radius 2 is 1.65 bits per heavy atom. The highest BCUT2D eigenvalue weighted by Crippen LogP contribution is 2.31. The molecule has 0 aliphatic heterocycles. The molecule has 0 bridgehead atoms. The zero-order valence-electron chi connectivity index (χ0n) is 24.9. The molecule has 0 spiro atoms. The number of carbonyl (C=O) groups is 2. The monoisotopic (exact) mass is 647 g/mol. The number of nitrogens with zero attached hydrogens (tertiary/aromatic N) is 2. The molecule has 0 radical (unpaired) electrons. The molecule has 0 aromatic heterocycles. The average molecular weight is 649 g/mol. The Bertz CT molecular complexity index is 1490. The van der Waals surface area contributed by atoms with Crippen LogP contribution in [0, 0.1) is 5.92 Å². The number of amides is 2. The minimum atomic E-state index is -3.73. The van der Waals surface area contributed by atoms with E-state index in [0.29, 0.717) is 23.7 Å². The molecule has 8 nitrogen and oxygen atoms in total. The topological polar surface area (TPSA) is 96.0 Å². The van der Waals surface area contributed by atoms with Gasteiger partial charge in [-0.25, -0.2) is 8.42 Å². The lowest BCUT2D eigenvalue weighted by atomic mass is 10.0. The Labute approximate surface area is 265 Å². The molecule has 43 heavy (non-hydrogen) atoms. The van der Waals surface area contributed by atoms with E-state index in [2.05, 4.69) is 5.32 Å². The van der Waals surface area contributed by atoms with E-state index in [1.807, 2.05) is 68.4 Å². The summed E-state index contributed by atoms with van der Waals surface area (Å²) < 4.78 is 31.9. The smallest absolute Gasteiger partial charge is 0.243 e. The van der Waals surface area contributed by atoms with Crippen LogP contribution < -0.4 is 14.4 Å². The molecule has 0 aliphatic carbocycles. The molecular formula is C32H39Cl2N3O5S. The van der Waals surface area contributed by atoms with Gasteiger partial charge in [0.15, 0.2) is 0 Å². The summed E-state index contributed by atoms with van der Waals surface area (Å²) in [5.41, 5.74) is 1.95. The predicted octanol–water partition coefficient (Wildman–Crippen LogP) is 5.96. The summed E-state index contributed by atoms with van der Waals surface area (Å²) in [6, 6.07) is 20.7. The van der Waals surface area contributed by atoms with Crippen LogP contribution in [-0.2, 0) is 32.6 Å². The number of nitrogens with one attached hydrogen (secondary N) is 1. The summed E-state index contributed by atoms with van der Waals surface area (Å²) in [6.45, 7) is 4.64. The summed E-state index contributed by atoms with van der Waals surface area (Å²) in [4.78, 5) is 29.2. The molecule has 0 fully saturated rings. The summed E-state index contributed by atoms with van der Waals surface area (Å²) in [5.74, 6) is 0.325. The number of halogens is 2. The second-order valence-electron chi connectivity index (χ2n) is 10.8. The normalized spacial score (nSPS) is 12.1. The van der Waals surface area contributed by atoms with E-state index in [1.165, 1.54) is 12.1 Å². The number of benzene rings is 3. The third-order valence-electron chi connectivity index (χ3n) is 6.77. The lowest BCUT2D eigenvalue weighted by Gasteiger charge is -2.32. The van der Waals surface area contributed by atoms with Crippen LogP contribution in [0.1, 0.15) is 37.8 Å². The molecule has 0 aliphatic rings. The van der Waals surface area contributed by atoms with Gasteiger partial charge >= 0.3 is 0 Å². The zero-order chi connectivity index (χ0) is 31.6. The maximum Gasteiger partial charge on any atom is 0.243 e. The van der Waals surface area contributed by atoms with E-state index in [-0.39, 0.29) is 54.4 Å². The van der Waals surface area contributed by atoms with Gasteiger partial charge in [-0.3, -0.25) is 13.9 Å². The fourth-order valence-electron chi connectivity index (χ4n) is 4.60. The van der Waals surface area contributed by atoms with Crippen LogP contribution in [0.5, 0.6) is 5.75 Å². The van der Waals surface area contributed by atoms with Crippen LogP contribution in [0.3, 0.4) is 0 Å². The number of anilines is 1. The average Bonchev–Trinajstić information content (AvgIpc) is 2.97. The third-order valence-corrected chi connectivity index (χ3v) is 8.51. The zero-order valence-corrected chi connectivity index (χ0v) is 27.3. The van der Waals surface area contributed by atoms with Crippen molar-refractivity contribution in [3.8, 4) is 5.75 Å². The van der Waals surface area contributed by atoms with Crippen molar-refractivity contribution in [3.05, 3.63) is 94.0 Å². The van der Waals surface area contributed by atoms with E-state index in [1.54, 1.807) is 18.1 Å². The summed E-state index contributed by atoms with van der Waals surface area (Å²) in [7, 11) is -2.16. The molecule has 0 heterocycles. The van der Waals surface area contributed by atoms with Crippen LogP contribution >= 0.6 is 23.2 Å². The van der Waals surface area contributed by atoms with Crippen LogP contribution in [0.25, 0.3) is 0 Å². The molecule has 232 valence electrons. The summed E-state index contributed by atoms with van der Waals surface area (Å²) >= 11 is 12.4. The fourth-order valence-corrected chi connectivity index (χ4v) is 6.01. The summed E-state index contributed by atoms with van der Waals surface area (Å²) in [6.07, 6.45) is 1.58. The highest BCUT2D eigenvalue weighted by Gasteiger charge is 2.31. The maximum absolute atomic E-state index is 14.0. The van der Waals surface area contributed by atoms with Gasteiger partial charge < -0.3 is 15.0 Å². The highest BCUT2D eigenvalue weighted by molar-refractivity contribution is 7.92. The van der Waals surface area contributed by atoms with Gasteiger partial charge in [0, 0.05) is 37.5 Å². The van der Waals surface area contributed by atoms with Crippen molar-refractivity contribution < 1.29 is 22.7 Å². The molecule has 0 saturated carbocycles. The van der Waals surface area contributed by atoms with Crippen LogP contribution in [0.2, 0.25) is 10.0 Å². The van der Waals surface area contributed by atoms with Gasteiger partial charge in [-0.05, 0) is 53.8 Å². The number of rotatable bonds is 15. The number of carbonyl (C=O) groups excluding carboxylic acids is 2.